The van der Waals surface area contributed by atoms with Crippen molar-refractivity contribution < 1.29 is 13.6 Å². The highest BCUT2D eigenvalue weighted by molar-refractivity contribution is 6.31. The minimum atomic E-state index is -0.872. The van der Waals surface area contributed by atoms with Crippen molar-refractivity contribution in [2.24, 2.45) is 0 Å². The van der Waals surface area contributed by atoms with Crippen molar-refractivity contribution in [3.8, 4) is 0 Å². The number of hydrogen-bond acceptors (Lipinski definition) is 1. The zero-order valence-corrected chi connectivity index (χ0v) is 10.3. The fourth-order valence-electron chi connectivity index (χ4n) is 1.62. The molecule has 0 aliphatic heterocycles. The molecule has 18 heavy (non-hydrogen) atoms. The van der Waals surface area contributed by atoms with Gasteiger partial charge in [-0.25, -0.2) is 8.78 Å². The zero-order valence-electron chi connectivity index (χ0n) is 9.51. The first-order chi connectivity index (χ1) is 8.49. The quantitative estimate of drug-likeness (QED) is 0.746. The van der Waals surface area contributed by atoms with E-state index in [0.29, 0.717) is 11.1 Å². The van der Waals surface area contributed by atoms with Crippen LogP contribution in [0.5, 0.6) is 0 Å². The number of rotatable bonds is 2. The SMILES string of the molecule is Cc1cc(C(=O)c2cccc(Cl)c2)c(F)cc1F. The molecule has 2 aromatic rings. The van der Waals surface area contributed by atoms with Crippen LogP contribution in [0.1, 0.15) is 21.5 Å². The first-order valence-electron chi connectivity index (χ1n) is 5.25. The molecule has 2 rings (SSSR count). The molecule has 0 atom stereocenters. The third-order valence-corrected chi connectivity index (χ3v) is 2.81. The van der Waals surface area contributed by atoms with Crippen LogP contribution in [0.4, 0.5) is 8.78 Å². The van der Waals surface area contributed by atoms with E-state index in [2.05, 4.69) is 0 Å². The summed E-state index contributed by atoms with van der Waals surface area (Å²) in [5.74, 6) is -2.06. The van der Waals surface area contributed by atoms with Crippen LogP contribution in [-0.2, 0) is 0 Å². The Bertz CT molecular complexity index is 623. The monoisotopic (exact) mass is 266 g/mol. The lowest BCUT2D eigenvalue weighted by Gasteiger charge is -2.05. The third-order valence-electron chi connectivity index (χ3n) is 2.58. The van der Waals surface area contributed by atoms with Gasteiger partial charge in [0.05, 0.1) is 5.56 Å². The number of benzene rings is 2. The van der Waals surface area contributed by atoms with E-state index >= 15 is 0 Å². The molecule has 2 aromatic carbocycles. The Kier molecular flexibility index (Phi) is 3.43. The van der Waals surface area contributed by atoms with E-state index in [4.69, 9.17) is 11.6 Å². The molecule has 1 nitrogen and oxygen atoms in total. The molecular weight excluding hydrogens is 258 g/mol. The third kappa shape index (κ3) is 2.41. The number of hydrogen-bond donors (Lipinski definition) is 0. The van der Waals surface area contributed by atoms with Crippen molar-refractivity contribution in [1.82, 2.24) is 0 Å². The molecule has 0 bridgehead atoms. The molecule has 0 aliphatic carbocycles. The average molecular weight is 267 g/mol. The largest absolute Gasteiger partial charge is 0.288 e. The molecule has 0 saturated heterocycles. The minimum Gasteiger partial charge on any atom is -0.288 e. The van der Waals surface area contributed by atoms with Crippen molar-refractivity contribution in [2.45, 2.75) is 6.92 Å². The first kappa shape index (κ1) is 12.7. The fourth-order valence-corrected chi connectivity index (χ4v) is 1.81. The summed E-state index contributed by atoms with van der Waals surface area (Å²) < 4.78 is 26.7. The van der Waals surface area contributed by atoms with E-state index < -0.39 is 17.4 Å². The van der Waals surface area contributed by atoms with Crippen LogP contribution < -0.4 is 0 Å². The Morgan fingerprint density at radius 1 is 1.11 bits per heavy atom. The van der Waals surface area contributed by atoms with Crippen LogP contribution in [0.2, 0.25) is 5.02 Å². The second kappa shape index (κ2) is 4.86. The smallest absolute Gasteiger partial charge is 0.196 e. The molecule has 0 radical (unpaired) electrons. The van der Waals surface area contributed by atoms with E-state index in [0.717, 1.165) is 0 Å². The van der Waals surface area contributed by atoms with Crippen LogP contribution >= 0.6 is 11.6 Å². The topological polar surface area (TPSA) is 17.1 Å². The molecule has 0 heterocycles. The lowest BCUT2D eigenvalue weighted by molar-refractivity contribution is 0.103. The average Bonchev–Trinajstić information content (AvgIpc) is 2.33. The molecule has 0 amide bonds. The Morgan fingerprint density at radius 3 is 2.50 bits per heavy atom. The maximum atomic E-state index is 13.6. The number of carbonyl (C=O) groups is 1. The van der Waals surface area contributed by atoms with Crippen molar-refractivity contribution in [1.29, 1.82) is 0 Å². The van der Waals surface area contributed by atoms with E-state index in [1.165, 1.54) is 25.1 Å². The van der Waals surface area contributed by atoms with Crippen LogP contribution in [0.3, 0.4) is 0 Å². The van der Waals surface area contributed by atoms with E-state index in [9.17, 15) is 13.6 Å². The summed E-state index contributed by atoms with van der Waals surface area (Å²) in [4.78, 5) is 12.1. The predicted molar refractivity (Wildman–Crippen MR) is 66.0 cm³/mol. The molecule has 0 aliphatic rings. The number of ketones is 1. The highest BCUT2D eigenvalue weighted by atomic mass is 35.5. The van der Waals surface area contributed by atoms with Gasteiger partial charge < -0.3 is 0 Å². The summed E-state index contributed by atoms with van der Waals surface area (Å²) in [5.41, 5.74) is 0.338. The maximum absolute atomic E-state index is 13.6. The molecular formula is C14H9ClF2O. The fraction of sp³-hybridized carbons (Fsp3) is 0.0714. The Morgan fingerprint density at radius 2 is 1.83 bits per heavy atom. The van der Waals surface area contributed by atoms with Crippen LogP contribution in [0.25, 0.3) is 0 Å². The molecule has 0 unspecified atom stereocenters. The van der Waals surface area contributed by atoms with Gasteiger partial charge in [0.1, 0.15) is 11.6 Å². The van der Waals surface area contributed by atoms with Gasteiger partial charge in [-0.3, -0.25) is 4.79 Å². The normalized spacial score (nSPS) is 10.4. The Labute approximate surface area is 108 Å². The van der Waals surface area contributed by atoms with Crippen LogP contribution in [0, 0.1) is 18.6 Å². The number of aryl methyl sites for hydroxylation is 1. The Balaban J connectivity index is 2.49. The van der Waals surface area contributed by atoms with Gasteiger partial charge in [0, 0.05) is 16.7 Å². The summed E-state index contributed by atoms with van der Waals surface area (Å²) >= 11 is 5.77. The lowest BCUT2D eigenvalue weighted by Crippen LogP contribution is -2.05. The van der Waals surface area contributed by atoms with E-state index in [1.54, 1.807) is 12.1 Å². The minimum absolute atomic E-state index is 0.156. The van der Waals surface area contributed by atoms with Gasteiger partial charge in [0.2, 0.25) is 0 Å². The second-order valence-electron chi connectivity index (χ2n) is 3.92. The summed E-state index contributed by atoms with van der Waals surface area (Å²) in [6.07, 6.45) is 0. The van der Waals surface area contributed by atoms with E-state index in [-0.39, 0.29) is 16.7 Å². The van der Waals surface area contributed by atoms with Gasteiger partial charge in [-0.15, -0.1) is 0 Å². The van der Waals surface area contributed by atoms with Gasteiger partial charge in [-0.2, -0.15) is 0 Å². The van der Waals surface area contributed by atoms with Gasteiger partial charge in [-0.1, -0.05) is 23.7 Å². The molecule has 0 fully saturated rings. The van der Waals surface area contributed by atoms with Crippen molar-refractivity contribution in [3.63, 3.8) is 0 Å². The Hall–Kier alpha value is -1.74. The van der Waals surface area contributed by atoms with Crippen LogP contribution in [0.15, 0.2) is 36.4 Å². The molecule has 0 N–H and O–H groups in total. The lowest BCUT2D eigenvalue weighted by atomic mass is 10.0. The summed E-state index contributed by atoms with van der Waals surface area (Å²) in [6.45, 7) is 1.48. The first-order valence-corrected chi connectivity index (χ1v) is 5.63. The van der Waals surface area contributed by atoms with E-state index in [1.807, 2.05) is 0 Å². The highest BCUT2D eigenvalue weighted by Crippen LogP contribution is 2.19. The number of carbonyl (C=O) groups excluding carboxylic acids is 1. The predicted octanol–water partition coefficient (Wildman–Crippen LogP) is 4.16. The maximum Gasteiger partial charge on any atom is 0.196 e. The second-order valence-corrected chi connectivity index (χ2v) is 4.36. The molecule has 0 saturated carbocycles. The summed E-state index contributed by atoms with van der Waals surface area (Å²) in [7, 11) is 0. The molecule has 4 heteroatoms. The molecule has 0 aromatic heterocycles. The highest BCUT2D eigenvalue weighted by Gasteiger charge is 2.16. The summed E-state index contributed by atoms with van der Waals surface area (Å²) in [5, 5.41) is 0.389. The van der Waals surface area contributed by atoms with Crippen molar-refractivity contribution >= 4 is 17.4 Å². The number of halogens is 3. The standard InChI is InChI=1S/C14H9ClF2O/c1-8-5-11(13(17)7-12(8)16)14(18)9-3-2-4-10(15)6-9/h2-7H,1H3. The molecule has 92 valence electrons. The van der Waals surface area contributed by atoms with Crippen LogP contribution in [-0.4, -0.2) is 5.78 Å². The molecule has 0 spiro atoms. The van der Waals surface area contributed by atoms with Gasteiger partial charge in [0.25, 0.3) is 0 Å². The van der Waals surface area contributed by atoms with Gasteiger partial charge in [0.15, 0.2) is 5.78 Å². The van der Waals surface area contributed by atoms with Crippen molar-refractivity contribution in [2.75, 3.05) is 0 Å². The van der Waals surface area contributed by atoms with Crippen molar-refractivity contribution in [3.05, 3.63) is 69.7 Å². The zero-order chi connectivity index (χ0) is 13.3. The van der Waals surface area contributed by atoms with Gasteiger partial charge in [-0.05, 0) is 30.7 Å². The van der Waals surface area contributed by atoms with Gasteiger partial charge >= 0.3 is 0 Å². The summed E-state index contributed by atoms with van der Waals surface area (Å²) in [6, 6.07) is 8.11.